The van der Waals surface area contributed by atoms with Gasteiger partial charge in [-0.1, -0.05) is 11.6 Å². The number of halogens is 2. The van der Waals surface area contributed by atoms with Crippen molar-refractivity contribution in [2.24, 2.45) is 0 Å². The van der Waals surface area contributed by atoms with Gasteiger partial charge in [-0.25, -0.2) is 4.39 Å². The van der Waals surface area contributed by atoms with E-state index in [1.807, 2.05) is 0 Å². The summed E-state index contributed by atoms with van der Waals surface area (Å²) in [4.78, 5) is 10.3. The van der Waals surface area contributed by atoms with Gasteiger partial charge in [0.15, 0.2) is 0 Å². The number of carboxylic acid groups (broad SMARTS) is 1. The van der Waals surface area contributed by atoms with E-state index in [1.165, 1.54) is 6.07 Å². The van der Waals surface area contributed by atoms with Gasteiger partial charge in [-0.3, -0.25) is 4.79 Å². The molecule has 0 fully saturated rings. The van der Waals surface area contributed by atoms with Gasteiger partial charge < -0.3 is 10.2 Å². The molecule has 5 heteroatoms. The molecule has 0 aromatic heterocycles. The number of carboxylic acids is 1. The highest BCUT2D eigenvalue weighted by Crippen LogP contribution is 2.28. The number of benzene rings is 1. The van der Waals surface area contributed by atoms with Gasteiger partial charge in [-0.2, -0.15) is 0 Å². The second-order valence-electron chi connectivity index (χ2n) is 3.92. The molecule has 1 unspecified atom stereocenters. The quantitative estimate of drug-likeness (QED) is 0.855. The predicted octanol–water partition coefficient (Wildman–Crippen LogP) is 3.08. The Kier molecular flexibility index (Phi) is 4.90. The standard InChI is InChI=1S/C12H14ClFO3/c1-7-5-8(9(13)6-10(7)14)11(15)3-2-4-12(16)17/h5-6,11,15H,2-4H2,1H3,(H,16,17). The van der Waals surface area contributed by atoms with Crippen LogP contribution in [0.15, 0.2) is 12.1 Å². The zero-order chi connectivity index (χ0) is 13.0. The van der Waals surface area contributed by atoms with Crippen LogP contribution in [0.5, 0.6) is 0 Å². The summed E-state index contributed by atoms with van der Waals surface area (Å²) in [5.74, 6) is -1.32. The molecule has 0 aliphatic carbocycles. The predicted molar refractivity (Wildman–Crippen MR) is 62.6 cm³/mol. The van der Waals surface area contributed by atoms with Gasteiger partial charge in [0.05, 0.1) is 6.10 Å². The van der Waals surface area contributed by atoms with E-state index < -0.39 is 17.9 Å². The lowest BCUT2D eigenvalue weighted by Crippen LogP contribution is -2.02. The Labute approximate surface area is 104 Å². The molecule has 0 radical (unpaired) electrons. The number of hydrogen-bond donors (Lipinski definition) is 2. The molecule has 1 aromatic carbocycles. The van der Waals surface area contributed by atoms with Gasteiger partial charge in [0.2, 0.25) is 0 Å². The Hall–Kier alpha value is -1.13. The van der Waals surface area contributed by atoms with Crippen LogP contribution < -0.4 is 0 Å². The first-order valence-electron chi connectivity index (χ1n) is 5.27. The van der Waals surface area contributed by atoms with Crippen molar-refractivity contribution in [3.05, 3.63) is 34.1 Å². The third kappa shape index (κ3) is 3.98. The highest BCUT2D eigenvalue weighted by Gasteiger charge is 2.14. The van der Waals surface area contributed by atoms with Crippen LogP contribution >= 0.6 is 11.6 Å². The van der Waals surface area contributed by atoms with E-state index in [-0.39, 0.29) is 17.9 Å². The van der Waals surface area contributed by atoms with Gasteiger partial charge in [-0.15, -0.1) is 0 Å². The molecule has 0 aliphatic heterocycles. The van der Waals surface area contributed by atoms with Crippen molar-refractivity contribution in [2.75, 3.05) is 0 Å². The lowest BCUT2D eigenvalue weighted by molar-refractivity contribution is -0.137. The number of aliphatic hydroxyl groups excluding tert-OH is 1. The Morgan fingerprint density at radius 3 is 2.76 bits per heavy atom. The van der Waals surface area contributed by atoms with Crippen molar-refractivity contribution in [1.82, 2.24) is 0 Å². The summed E-state index contributed by atoms with van der Waals surface area (Å²) in [6.07, 6.45) is -0.226. The van der Waals surface area contributed by atoms with Gasteiger partial charge >= 0.3 is 5.97 Å². The van der Waals surface area contributed by atoms with Crippen molar-refractivity contribution in [2.45, 2.75) is 32.3 Å². The van der Waals surface area contributed by atoms with Crippen LogP contribution in [-0.4, -0.2) is 16.2 Å². The third-order valence-electron chi connectivity index (χ3n) is 2.51. The smallest absolute Gasteiger partial charge is 0.303 e. The molecule has 0 spiro atoms. The number of rotatable bonds is 5. The summed E-state index contributed by atoms with van der Waals surface area (Å²) in [6, 6.07) is 2.65. The maximum absolute atomic E-state index is 13.1. The molecule has 0 aliphatic rings. The molecule has 1 rings (SSSR count). The van der Waals surface area contributed by atoms with E-state index in [4.69, 9.17) is 16.7 Å². The molecule has 2 N–H and O–H groups in total. The average Bonchev–Trinajstić information content (AvgIpc) is 2.22. The van der Waals surface area contributed by atoms with Crippen molar-refractivity contribution < 1.29 is 19.4 Å². The Bertz CT molecular complexity index is 420. The first-order valence-corrected chi connectivity index (χ1v) is 5.65. The van der Waals surface area contributed by atoms with Gasteiger partial charge in [0.1, 0.15) is 5.82 Å². The Balaban J connectivity index is 2.71. The van der Waals surface area contributed by atoms with E-state index >= 15 is 0 Å². The number of aryl methyl sites for hydroxylation is 1. The third-order valence-corrected chi connectivity index (χ3v) is 2.83. The van der Waals surface area contributed by atoms with Crippen LogP contribution in [0.4, 0.5) is 4.39 Å². The average molecular weight is 261 g/mol. The molecule has 1 aromatic rings. The molecule has 0 saturated heterocycles. The molecule has 0 saturated carbocycles. The van der Waals surface area contributed by atoms with Crippen LogP contribution in [0, 0.1) is 12.7 Å². The Morgan fingerprint density at radius 2 is 2.18 bits per heavy atom. The fourth-order valence-corrected chi connectivity index (χ4v) is 1.81. The molecule has 94 valence electrons. The monoisotopic (exact) mass is 260 g/mol. The maximum atomic E-state index is 13.1. The minimum atomic E-state index is -0.904. The summed E-state index contributed by atoms with van der Waals surface area (Å²) in [5, 5.41) is 18.5. The lowest BCUT2D eigenvalue weighted by Gasteiger charge is -2.13. The second-order valence-corrected chi connectivity index (χ2v) is 4.33. The summed E-state index contributed by atoms with van der Waals surface area (Å²) >= 11 is 5.82. The summed E-state index contributed by atoms with van der Waals surface area (Å²) in [7, 11) is 0. The van der Waals surface area contributed by atoms with E-state index in [0.717, 1.165) is 6.07 Å². The van der Waals surface area contributed by atoms with Crippen molar-refractivity contribution in [3.8, 4) is 0 Å². The highest BCUT2D eigenvalue weighted by atomic mass is 35.5. The normalized spacial score (nSPS) is 12.5. The maximum Gasteiger partial charge on any atom is 0.303 e. The lowest BCUT2D eigenvalue weighted by atomic mass is 10.0. The molecule has 0 heterocycles. The largest absolute Gasteiger partial charge is 0.481 e. The van der Waals surface area contributed by atoms with Crippen LogP contribution in [0.3, 0.4) is 0 Å². The molecular weight excluding hydrogens is 247 g/mol. The molecule has 3 nitrogen and oxygen atoms in total. The fourth-order valence-electron chi connectivity index (χ4n) is 1.54. The molecule has 1 atom stereocenters. The summed E-state index contributed by atoms with van der Waals surface area (Å²) in [5.41, 5.74) is 0.845. The SMILES string of the molecule is Cc1cc(C(O)CCCC(=O)O)c(Cl)cc1F. The number of aliphatic hydroxyl groups is 1. The summed E-state index contributed by atoms with van der Waals surface area (Å²) in [6.45, 7) is 1.58. The van der Waals surface area contributed by atoms with Gasteiger partial charge in [-0.05, 0) is 43.0 Å². The van der Waals surface area contributed by atoms with Crippen molar-refractivity contribution >= 4 is 17.6 Å². The van der Waals surface area contributed by atoms with E-state index in [0.29, 0.717) is 17.5 Å². The van der Waals surface area contributed by atoms with Crippen molar-refractivity contribution in [3.63, 3.8) is 0 Å². The van der Waals surface area contributed by atoms with Gasteiger partial charge in [0.25, 0.3) is 0 Å². The Morgan fingerprint density at radius 1 is 1.53 bits per heavy atom. The zero-order valence-corrected chi connectivity index (χ0v) is 10.2. The van der Waals surface area contributed by atoms with Crippen LogP contribution in [0.1, 0.15) is 36.5 Å². The first kappa shape index (κ1) is 13.9. The number of hydrogen-bond acceptors (Lipinski definition) is 2. The van der Waals surface area contributed by atoms with Crippen LogP contribution in [0.2, 0.25) is 5.02 Å². The number of aliphatic carboxylic acids is 1. The van der Waals surface area contributed by atoms with E-state index in [1.54, 1.807) is 6.92 Å². The van der Waals surface area contributed by atoms with Crippen LogP contribution in [-0.2, 0) is 4.79 Å². The highest BCUT2D eigenvalue weighted by molar-refractivity contribution is 6.31. The zero-order valence-electron chi connectivity index (χ0n) is 9.41. The molecule has 17 heavy (non-hydrogen) atoms. The first-order chi connectivity index (χ1) is 7.91. The summed E-state index contributed by atoms with van der Waals surface area (Å²) < 4.78 is 13.1. The van der Waals surface area contributed by atoms with Crippen LogP contribution in [0.25, 0.3) is 0 Å². The van der Waals surface area contributed by atoms with E-state index in [2.05, 4.69) is 0 Å². The van der Waals surface area contributed by atoms with Gasteiger partial charge in [0, 0.05) is 11.4 Å². The topological polar surface area (TPSA) is 57.5 Å². The molecular formula is C12H14ClFO3. The second kappa shape index (κ2) is 5.98. The minimum absolute atomic E-state index is 0.00510. The molecule has 0 amide bonds. The number of carbonyl (C=O) groups is 1. The molecule has 0 bridgehead atoms. The van der Waals surface area contributed by atoms with E-state index in [9.17, 15) is 14.3 Å². The minimum Gasteiger partial charge on any atom is -0.481 e. The van der Waals surface area contributed by atoms with Crippen molar-refractivity contribution in [1.29, 1.82) is 0 Å². The fraction of sp³-hybridized carbons (Fsp3) is 0.417.